The van der Waals surface area contributed by atoms with Gasteiger partial charge in [0.1, 0.15) is 12.1 Å². The van der Waals surface area contributed by atoms with E-state index < -0.39 is 7.12 Å². The van der Waals surface area contributed by atoms with Gasteiger partial charge in [-0.1, -0.05) is 6.42 Å². The molecule has 0 aromatic carbocycles. The molecule has 0 amide bonds. The third-order valence-corrected chi connectivity index (χ3v) is 1.80. The van der Waals surface area contributed by atoms with Crippen molar-refractivity contribution in [3.05, 3.63) is 12.5 Å². The first-order valence-corrected chi connectivity index (χ1v) is 4.57. The number of hydrogen-bond donors (Lipinski definition) is 4. The normalized spacial score (nSPS) is 10.1. The lowest BCUT2D eigenvalue weighted by Gasteiger charge is -2.02. The summed E-state index contributed by atoms with van der Waals surface area (Å²) in [6.45, 7) is 0.754. The molecule has 0 bridgehead atoms. The highest BCUT2D eigenvalue weighted by molar-refractivity contribution is 6.40. The summed E-state index contributed by atoms with van der Waals surface area (Å²) in [6, 6.07) is 0. The van der Waals surface area contributed by atoms with Crippen molar-refractivity contribution in [2.75, 3.05) is 17.7 Å². The fourth-order valence-electron chi connectivity index (χ4n) is 1.10. The van der Waals surface area contributed by atoms with E-state index in [9.17, 15) is 0 Å². The molecule has 0 radical (unpaired) electrons. The van der Waals surface area contributed by atoms with E-state index in [1.807, 2.05) is 0 Å². The highest BCUT2D eigenvalue weighted by Gasteiger charge is 2.04. The van der Waals surface area contributed by atoms with Crippen molar-refractivity contribution in [2.24, 2.45) is 0 Å². The maximum Gasteiger partial charge on any atom is 0.451 e. The molecule has 0 aliphatic rings. The molecular weight excluding hydrogens is 183 g/mol. The molecule has 0 atom stereocenters. The van der Waals surface area contributed by atoms with Gasteiger partial charge in [0.2, 0.25) is 0 Å². The Morgan fingerprint density at radius 1 is 1.50 bits per heavy atom. The predicted octanol–water partition coefficient (Wildman–Crippen LogP) is -0.738. The van der Waals surface area contributed by atoms with Crippen molar-refractivity contribution in [1.29, 1.82) is 0 Å². The Bertz CT molecular complexity index is 266. The maximum absolute atomic E-state index is 8.58. The Morgan fingerprint density at radius 2 is 2.29 bits per heavy atom. The molecule has 1 aromatic rings. The minimum absolute atomic E-state index is 0.410. The standard InChI is InChI=1S/C7H15BN4O2/c9-12-5-7(11-6-12)10-4-2-1-3-8(13)14/h5-6,10,13-14H,1-4,9H2. The molecule has 0 saturated heterocycles. The Kier molecular flexibility index (Phi) is 4.28. The second-order valence-corrected chi connectivity index (χ2v) is 3.11. The zero-order valence-electron chi connectivity index (χ0n) is 7.93. The van der Waals surface area contributed by atoms with Crippen LogP contribution in [0.4, 0.5) is 5.82 Å². The van der Waals surface area contributed by atoms with E-state index in [0.717, 1.165) is 25.2 Å². The van der Waals surface area contributed by atoms with Crippen LogP contribution in [0.5, 0.6) is 0 Å². The van der Waals surface area contributed by atoms with Crippen molar-refractivity contribution in [1.82, 2.24) is 9.66 Å². The number of unbranched alkanes of at least 4 members (excludes halogenated alkanes) is 1. The summed E-state index contributed by atoms with van der Waals surface area (Å²) in [5.41, 5.74) is 0. The van der Waals surface area contributed by atoms with Crippen LogP contribution >= 0.6 is 0 Å². The quantitative estimate of drug-likeness (QED) is 0.274. The SMILES string of the molecule is Nn1cnc(NCCCCB(O)O)c1. The molecule has 14 heavy (non-hydrogen) atoms. The van der Waals surface area contributed by atoms with Crippen LogP contribution in [-0.2, 0) is 0 Å². The lowest BCUT2D eigenvalue weighted by Crippen LogP contribution is -2.11. The first-order chi connectivity index (χ1) is 6.68. The van der Waals surface area contributed by atoms with Crippen molar-refractivity contribution >= 4 is 12.9 Å². The third kappa shape index (κ3) is 4.15. The maximum atomic E-state index is 8.58. The van der Waals surface area contributed by atoms with E-state index in [0.29, 0.717) is 6.32 Å². The number of aromatic nitrogens is 2. The van der Waals surface area contributed by atoms with E-state index in [2.05, 4.69) is 10.3 Å². The second kappa shape index (κ2) is 5.51. The van der Waals surface area contributed by atoms with E-state index in [1.165, 1.54) is 11.0 Å². The fourth-order valence-corrected chi connectivity index (χ4v) is 1.10. The second-order valence-electron chi connectivity index (χ2n) is 3.11. The Morgan fingerprint density at radius 3 is 2.86 bits per heavy atom. The number of nitrogen functional groups attached to an aromatic ring is 1. The number of imidazole rings is 1. The first-order valence-electron chi connectivity index (χ1n) is 4.57. The minimum atomic E-state index is -1.20. The molecule has 5 N–H and O–H groups in total. The van der Waals surface area contributed by atoms with Gasteiger partial charge in [0.05, 0.1) is 6.20 Å². The van der Waals surface area contributed by atoms with Crippen LogP contribution in [0.1, 0.15) is 12.8 Å². The lowest BCUT2D eigenvalue weighted by atomic mass is 9.84. The average molecular weight is 198 g/mol. The largest absolute Gasteiger partial charge is 0.451 e. The smallest absolute Gasteiger partial charge is 0.427 e. The summed E-state index contributed by atoms with van der Waals surface area (Å²) in [5, 5.41) is 20.2. The van der Waals surface area contributed by atoms with E-state index in [4.69, 9.17) is 15.9 Å². The van der Waals surface area contributed by atoms with Crippen LogP contribution in [0.15, 0.2) is 12.5 Å². The van der Waals surface area contributed by atoms with Gasteiger partial charge in [-0.15, -0.1) is 0 Å². The van der Waals surface area contributed by atoms with Gasteiger partial charge in [-0.05, 0) is 12.7 Å². The monoisotopic (exact) mass is 198 g/mol. The Balaban J connectivity index is 2.04. The number of nitrogens with zero attached hydrogens (tertiary/aromatic N) is 2. The van der Waals surface area contributed by atoms with Crippen molar-refractivity contribution in [3.8, 4) is 0 Å². The van der Waals surface area contributed by atoms with E-state index in [-0.39, 0.29) is 0 Å². The van der Waals surface area contributed by atoms with E-state index in [1.54, 1.807) is 6.20 Å². The molecular formula is C7H15BN4O2. The number of rotatable bonds is 6. The molecule has 0 saturated carbocycles. The molecule has 0 aliphatic heterocycles. The fraction of sp³-hybridized carbons (Fsp3) is 0.571. The van der Waals surface area contributed by atoms with Gasteiger partial charge in [-0.25, -0.2) is 4.98 Å². The lowest BCUT2D eigenvalue weighted by molar-refractivity contribution is 0.402. The molecule has 0 fully saturated rings. The third-order valence-electron chi connectivity index (χ3n) is 1.80. The minimum Gasteiger partial charge on any atom is -0.427 e. The molecule has 1 heterocycles. The van der Waals surface area contributed by atoms with Gasteiger partial charge in [0.25, 0.3) is 0 Å². The topological polar surface area (TPSA) is 96.3 Å². The van der Waals surface area contributed by atoms with E-state index >= 15 is 0 Å². The van der Waals surface area contributed by atoms with Gasteiger partial charge in [-0.2, -0.15) is 0 Å². The Labute approximate surface area is 82.9 Å². The summed E-state index contributed by atoms with van der Waals surface area (Å²) in [5.74, 6) is 6.13. The Hall–Kier alpha value is -1.21. The molecule has 7 heteroatoms. The molecule has 0 unspecified atom stereocenters. The molecule has 78 valence electrons. The summed E-state index contributed by atoms with van der Waals surface area (Å²) in [6.07, 6.45) is 5.25. The van der Waals surface area contributed by atoms with Gasteiger partial charge in [0, 0.05) is 6.54 Å². The van der Waals surface area contributed by atoms with Crippen LogP contribution in [0, 0.1) is 0 Å². The zero-order valence-corrected chi connectivity index (χ0v) is 7.93. The van der Waals surface area contributed by atoms with Crippen LogP contribution in [0.3, 0.4) is 0 Å². The number of nitrogens with two attached hydrogens (primary N) is 1. The highest BCUT2D eigenvalue weighted by Crippen LogP contribution is 2.02. The molecule has 6 nitrogen and oxygen atoms in total. The van der Waals surface area contributed by atoms with Gasteiger partial charge in [-0.3, -0.25) is 4.68 Å². The molecule has 1 aromatic heterocycles. The van der Waals surface area contributed by atoms with Crippen LogP contribution in [0.25, 0.3) is 0 Å². The van der Waals surface area contributed by atoms with Crippen LogP contribution in [-0.4, -0.2) is 33.4 Å². The molecule has 0 aliphatic carbocycles. The zero-order chi connectivity index (χ0) is 10.4. The predicted molar refractivity (Wildman–Crippen MR) is 55.1 cm³/mol. The molecule has 0 spiro atoms. The first kappa shape index (κ1) is 10.9. The summed E-state index contributed by atoms with van der Waals surface area (Å²) in [4.78, 5) is 3.98. The summed E-state index contributed by atoms with van der Waals surface area (Å²) < 4.78 is 1.37. The number of nitrogens with one attached hydrogen (secondary N) is 1. The molecule has 1 rings (SSSR count). The van der Waals surface area contributed by atoms with Gasteiger partial charge < -0.3 is 21.2 Å². The van der Waals surface area contributed by atoms with Crippen molar-refractivity contribution < 1.29 is 10.0 Å². The van der Waals surface area contributed by atoms with Crippen LogP contribution in [0.2, 0.25) is 6.32 Å². The van der Waals surface area contributed by atoms with Crippen LogP contribution < -0.4 is 11.2 Å². The van der Waals surface area contributed by atoms with Crippen molar-refractivity contribution in [3.63, 3.8) is 0 Å². The average Bonchev–Trinajstić information content (AvgIpc) is 2.50. The highest BCUT2D eigenvalue weighted by atomic mass is 16.4. The van der Waals surface area contributed by atoms with Crippen molar-refractivity contribution in [2.45, 2.75) is 19.2 Å². The van der Waals surface area contributed by atoms with Gasteiger partial charge in [0.15, 0.2) is 0 Å². The van der Waals surface area contributed by atoms with Gasteiger partial charge >= 0.3 is 7.12 Å². The summed E-state index contributed by atoms with van der Waals surface area (Å²) >= 11 is 0. The summed E-state index contributed by atoms with van der Waals surface area (Å²) in [7, 11) is -1.20. The number of hydrogen-bond acceptors (Lipinski definition) is 5. The number of anilines is 1.